The lowest BCUT2D eigenvalue weighted by Gasteiger charge is -2.28. The van der Waals surface area contributed by atoms with Gasteiger partial charge in [0.15, 0.2) is 5.69 Å². The van der Waals surface area contributed by atoms with Crippen molar-refractivity contribution in [3.63, 3.8) is 0 Å². The van der Waals surface area contributed by atoms with Crippen LogP contribution < -0.4 is 5.32 Å². The molecule has 0 spiro atoms. The zero-order valence-corrected chi connectivity index (χ0v) is 13.7. The van der Waals surface area contributed by atoms with Gasteiger partial charge in [-0.1, -0.05) is 26.2 Å². The number of nitrogens with one attached hydrogen (secondary N) is 2. The number of nitrogens with zero attached hydrogens (tertiary/aromatic N) is 1. The number of aryl methyl sites for hydroxylation is 1. The van der Waals surface area contributed by atoms with Crippen LogP contribution in [0.1, 0.15) is 55.2 Å². The van der Waals surface area contributed by atoms with Gasteiger partial charge in [-0.15, -0.1) is 0 Å². The molecule has 21 heavy (non-hydrogen) atoms. The first kappa shape index (κ1) is 16.3. The van der Waals surface area contributed by atoms with Crippen molar-refractivity contribution in [3.8, 4) is 0 Å². The van der Waals surface area contributed by atoms with Crippen LogP contribution in [0.25, 0.3) is 0 Å². The SMILES string of the molecule is CCC1CCCC(NC(=O)c2n[nH]c(C)c2S(=O)(=O)Cl)C1. The Labute approximate surface area is 129 Å². The molecule has 0 aromatic carbocycles. The van der Waals surface area contributed by atoms with Crippen molar-refractivity contribution in [2.24, 2.45) is 5.92 Å². The van der Waals surface area contributed by atoms with Crippen molar-refractivity contribution in [1.82, 2.24) is 15.5 Å². The van der Waals surface area contributed by atoms with Crippen LogP contribution in [0.15, 0.2) is 4.90 Å². The molecule has 1 aliphatic carbocycles. The number of aromatic amines is 1. The highest BCUT2D eigenvalue weighted by Gasteiger charge is 2.29. The van der Waals surface area contributed by atoms with Gasteiger partial charge in [0, 0.05) is 16.7 Å². The molecule has 2 unspecified atom stereocenters. The second-order valence-electron chi connectivity index (χ2n) is 5.58. The summed E-state index contributed by atoms with van der Waals surface area (Å²) < 4.78 is 23.1. The molecular formula is C13H20ClN3O3S. The molecule has 1 fully saturated rings. The van der Waals surface area contributed by atoms with Crippen LogP contribution in [0.2, 0.25) is 0 Å². The minimum atomic E-state index is -4.00. The zero-order chi connectivity index (χ0) is 15.6. The van der Waals surface area contributed by atoms with Crippen LogP contribution in [0.4, 0.5) is 0 Å². The van der Waals surface area contributed by atoms with Crippen molar-refractivity contribution in [3.05, 3.63) is 11.4 Å². The van der Waals surface area contributed by atoms with Crippen molar-refractivity contribution < 1.29 is 13.2 Å². The third-order valence-corrected chi connectivity index (χ3v) is 5.50. The minimum Gasteiger partial charge on any atom is -0.348 e. The topological polar surface area (TPSA) is 91.9 Å². The fraction of sp³-hybridized carbons (Fsp3) is 0.692. The largest absolute Gasteiger partial charge is 0.348 e. The summed E-state index contributed by atoms with van der Waals surface area (Å²) in [5.41, 5.74) is 0.117. The van der Waals surface area contributed by atoms with Gasteiger partial charge in [-0.3, -0.25) is 9.89 Å². The third-order valence-electron chi connectivity index (χ3n) is 4.05. The van der Waals surface area contributed by atoms with Crippen molar-refractivity contribution in [1.29, 1.82) is 0 Å². The maximum atomic E-state index is 12.3. The van der Waals surface area contributed by atoms with Gasteiger partial charge in [0.1, 0.15) is 4.90 Å². The van der Waals surface area contributed by atoms with E-state index in [1.54, 1.807) is 0 Å². The second-order valence-corrected chi connectivity index (χ2v) is 8.08. The van der Waals surface area contributed by atoms with E-state index in [0.717, 1.165) is 25.7 Å². The number of halogens is 1. The molecule has 2 atom stereocenters. The van der Waals surface area contributed by atoms with Gasteiger partial charge in [0.25, 0.3) is 15.0 Å². The van der Waals surface area contributed by atoms with Gasteiger partial charge in [0.2, 0.25) is 0 Å². The summed E-state index contributed by atoms with van der Waals surface area (Å²) in [6.45, 7) is 3.66. The Morgan fingerprint density at radius 3 is 2.81 bits per heavy atom. The molecule has 8 heteroatoms. The maximum absolute atomic E-state index is 12.3. The number of hydrogen-bond donors (Lipinski definition) is 2. The highest BCUT2D eigenvalue weighted by molar-refractivity contribution is 8.13. The Hall–Kier alpha value is -1.08. The smallest absolute Gasteiger partial charge is 0.273 e. The third kappa shape index (κ3) is 3.77. The lowest BCUT2D eigenvalue weighted by Crippen LogP contribution is -2.38. The van der Waals surface area contributed by atoms with Gasteiger partial charge in [-0.2, -0.15) is 5.10 Å². The number of carbonyl (C=O) groups excluding carboxylic acids is 1. The van der Waals surface area contributed by atoms with Crippen molar-refractivity contribution in [2.45, 2.75) is 56.9 Å². The number of amides is 1. The highest BCUT2D eigenvalue weighted by atomic mass is 35.7. The van der Waals surface area contributed by atoms with Gasteiger partial charge < -0.3 is 5.32 Å². The highest BCUT2D eigenvalue weighted by Crippen LogP contribution is 2.27. The molecule has 1 saturated carbocycles. The molecular weight excluding hydrogens is 314 g/mol. The Bertz CT molecular complexity index is 627. The van der Waals surface area contributed by atoms with Crippen LogP contribution in [-0.4, -0.2) is 30.6 Å². The summed E-state index contributed by atoms with van der Waals surface area (Å²) in [7, 11) is 1.37. The van der Waals surface area contributed by atoms with Crippen LogP contribution >= 0.6 is 10.7 Å². The van der Waals surface area contributed by atoms with Crippen molar-refractivity contribution in [2.75, 3.05) is 0 Å². The van der Waals surface area contributed by atoms with Gasteiger partial charge in [0.05, 0.1) is 5.69 Å². The number of aromatic nitrogens is 2. The van der Waals surface area contributed by atoms with Crippen LogP contribution in [0.3, 0.4) is 0 Å². The summed E-state index contributed by atoms with van der Waals surface area (Å²) in [4.78, 5) is 12.0. The lowest BCUT2D eigenvalue weighted by molar-refractivity contribution is 0.0910. The molecule has 2 N–H and O–H groups in total. The predicted octanol–water partition coefficient (Wildman–Crippen LogP) is 2.34. The number of rotatable bonds is 4. The Morgan fingerprint density at radius 1 is 1.48 bits per heavy atom. The van der Waals surface area contributed by atoms with Crippen LogP contribution in [0.5, 0.6) is 0 Å². The van der Waals surface area contributed by atoms with E-state index < -0.39 is 15.0 Å². The van der Waals surface area contributed by atoms with E-state index in [1.165, 1.54) is 13.3 Å². The molecule has 1 aliphatic rings. The summed E-state index contributed by atoms with van der Waals surface area (Å²) in [5, 5.41) is 9.17. The van der Waals surface area contributed by atoms with E-state index in [1.807, 2.05) is 0 Å². The molecule has 1 aromatic heterocycles. The second kappa shape index (κ2) is 6.36. The van der Waals surface area contributed by atoms with E-state index >= 15 is 0 Å². The first-order valence-corrected chi connectivity index (χ1v) is 9.44. The van der Waals surface area contributed by atoms with Crippen LogP contribution in [0, 0.1) is 12.8 Å². The van der Waals surface area contributed by atoms with E-state index in [2.05, 4.69) is 22.4 Å². The van der Waals surface area contributed by atoms with Gasteiger partial charge in [-0.05, 0) is 25.7 Å². The monoisotopic (exact) mass is 333 g/mol. The average molecular weight is 334 g/mol. The fourth-order valence-corrected chi connectivity index (χ4v) is 4.26. The predicted molar refractivity (Wildman–Crippen MR) is 79.9 cm³/mol. The van der Waals surface area contributed by atoms with E-state index in [4.69, 9.17) is 10.7 Å². The summed E-state index contributed by atoms with van der Waals surface area (Å²) in [6, 6.07) is 0.0686. The summed E-state index contributed by atoms with van der Waals surface area (Å²) in [5.74, 6) is 0.126. The molecule has 118 valence electrons. The molecule has 0 aliphatic heterocycles. The van der Waals surface area contributed by atoms with Gasteiger partial charge in [-0.25, -0.2) is 8.42 Å². The average Bonchev–Trinajstić information content (AvgIpc) is 2.81. The molecule has 6 nitrogen and oxygen atoms in total. The normalized spacial score (nSPS) is 23.0. The first-order valence-electron chi connectivity index (χ1n) is 7.13. The van der Waals surface area contributed by atoms with E-state index in [-0.39, 0.29) is 22.3 Å². The summed E-state index contributed by atoms with van der Waals surface area (Å²) in [6.07, 6.45) is 5.19. The van der Waals surface area contributed by atoms with E-state index in [9.17, 15) is 13.2 Å². The fourth-order valence-electron chi connectivity index (χ4n) is 2.92. The molecule has 1 amide bonds. The molecule has 1 aromatic rings. The van der Waals surface area contributed by atoms with Gasteiger partial charge >= 0.3 is 0 Å². The molecule has 0 saturated heterocycles. The van der Waals surface area contributed by atoms with E-state index in [0.29, 0.717) is 5.92 Å². The quantitative estimate of drug-likeness (QED) is 0.827. The molecule has 0 bridgehead atoms. The van der Waals surface area contributed by atoms with Crippen LogP contribution in [-0.2, 0) is 9.05 Å². The van der Waals surface area contributed by atoms with Crippen molar-refractivity contribution >= 4 is 25.6 Å². The number of H-pyrrole nitrogens is 1. The summed E-state index contributed by atoms with van der Waals surface area (Å²) >= 11 is 0. The molecule has 1 heterocycles. The first-order chi connectivity index (χ1) is 9.82. The molecule has 0 radical (unpaired) electrons. The number of hydrogen-bond acceptors (Lipinski definition) is 4. The lowest BCUT2D eigenvalue weighted by atomic mass is 9.84. The standard InChI is InChI=1S/C13H20ClN3O3S/c1-3-9-5-4-6-10(7-9)15-13(18)11-12(21(14,19)20)8(2)16-17-11/h9-10H,3-7H2,1-2H3,(H,15,18)(H,16,17). The zero-order valence-electron chi connectivity index (χ0n) is 12.1. The minimum absolute atomic E-state index is 0.0686. The Kier molecular flexibility index (Phi) is 4.93. The molecule has 2 rings (SSSR count). The number of carbonyl (C=O) groups is 1. The Balaban J connectivity index is 2.15. The maximum Gasteiger partial charge on any atom is 0.273 e. The Morgan fingerprint density at radius 2 is 2.19 bits per heavy atom.